The number of carbonyl (C=O) groups is 3. The van der Waals surface area contributed by atoms with Crippen molar-refractivity contribution in [2.24, 2.45) is 5.92 Å². The Morgan fingerprint density at radius 1 is 0.981 bits per heavy atom. The number of allylic oxidation sites excluding steroid dienone is 2. The van der Waals surface area contributed by atoms with Gasteiger partial charge in [0.25, 0.3) is 0 Å². The van der Waals surface area contributed by atoms with Gasteiger partial charge in [0.15, 0.2) is 5.82 Å². The average Bonchev–Trinajstić information content (AvgIpc) is 3.66. The Kier molecular flexibility index (Phi) is 12.8. The number of carbonyl (C=O) groups excluding carboxylic acids is 3. The fraction of sp³-hybridized carbons (Fsp3) is 0.405. The Bertz CT molecular complexity index is 1870. The number of aromatic nitrogens is 2. The van der Waals surface area contributed by atoms with E-state index < -0.39 is 8.18 Å². The smallest absolute Gasteiger partial charge is 0.439 e. The Morgan fingerprint density at radius 2 is 1.72 bits per heavy atom. The van der Waals surface area contributed by atoms with Crippen molar-refractivity contribution in [1.29, 1.82) is 0 Å². The average molecular weight is 760 g/mol. The number of hydrogen-bond donors (Lipinski definition) is 6. The molecule has 286 valence electrons. The van der Waals surface area contributed by atoms with E-state index in [2.05, 4.69) is 43.5 Å². The van der Waals surface area contributed by atoms with Gasteiger partial charge in [-0.05, 0) is 72.9 Å². The minimum absolute atomic E-state index is 0.0308. The highest BCUT2D eigenvalue weighted by atomic mass is 31.1. The Morgan fingerprint density at radius 3 is 2.41 bits per heavy atom. The number of imide groups is 1. The summed E-state index contributed by atoms with van der Waals surface area (Å²) in [6, 6.07) is 15.2. The Labute approximate surface area is 314 Å². The number of phenolic OH excluding ortho intramolecular Hbond substituents is 1. The molecule has 1 unspecified atom stereocenters. The highest BCUT2D eigenvalue weighted by molar-refractivity contribution is 7.34. The molecule has 3 aromatic rings. The van der Waals surface area contributed by atoms with Crippen molar-refractivity contribution in [1.82, 2.24) is 35.9 Å². The minimum Gasteiger partial charge on any atom is -0.573 e. The van der Waals surface area contributed by atoms with Crippen LogP contribution in [-0.2, 0) is 18.9 Å². The molecule has 6 N–H and O–H groups in total. The molecule has 0 radical (unpaired) electrons. The zero-order valence-corrected chi connectivity index (χ0v) is 31.0. The lowest BCUT2D eigenvalue weighted by Gasteiger charge is -2.40. The van der Waals surface area contributed by atoms with Crippen molar-refractivity contribution < 1.29 is 33.7 Å². The minimum atomic E-state index is -2.94. The summed E-state index contributed by atoms with van der Waals surface area (Å²) in [5.41, 5.74) is 8.93. The van der Waals surface area contributed by atoms with Gasteiger partial charge < -0.3 is 25.0 Å². The van der Waals surface area contributed by atoms with E-state index in [1.165, 1.54) is 17.5 Å². The summed E-state index contributed by atoms with van der Waals surface area (Å²) in [6.07, 6.45) is 11.4. The van der Waals surface area contributed by atoms with E-state index in [-0.39, 0.29) is 29.3 Å². The highest BCUT2D eigenvalue weighted by Crippen LogP contribution is 2.31. The van der Waals surface area contributed by atoms with Gasteiger partial charge in [-0.25, -0.2) is 4.68 Å². The molecule has 1 aliphatic carbocycles. The zero-order chi connectivity index (χ0) is 38.0. The molecule has 17 heteroatoms. The maximum absolute atomic E-state index is 13.1. The second-order valence-corrected chi connectivity index (χ2v) is 14.4. The standard InChI is InChI=1S/C24H30N7O4P.C8H9NO.C5H7NO2/c1-16-6-8-17(9-7-16)29-10-11-30(23(33)15-29)18-13-25-31(14-18)21-12-20(19-4-2-3-5-22(19)32)26-27-24(21)28-36(34)35;1-2-4-8-7(3-1)9-5-6-10-8;7-4-2-1-3-5(8)6-4/h2-5,12-14,16-17,26-27,32H,6-11,15H2,1H3,(H,28,34,35);1-4,9H,5-6H2;1-3H2,(H,6,7,8). The van der Waals surface area contributed by atoms with Crippen molar-refractivity contribution in [2.75, 3.05) is 43.0 Å². The van der Waals surface area contributed by atoms with Gasteiger partial charge in [-0.1, -0.05) is 31.2 Å². The maximum atomic E-state index is 13.1. The van der Waals surface area contributed by atoms with E-state index in [1.807, 2.05) is 24.3 Å². The van der Waals surface area contributed by atoms with Crippen molar-refractivity contribution >= 4 is 48.7 Å². The van der Waals surface area contributed by atoms with E-state index in [1.54, 1.807) is 47.6 Å². The fourth-order valence-electron chi connectivity index (χ4n) is 6.89. The van der Waals surface area contributed by atoms with Crippen LogP contribution in [0, 0.1) is 5.92 Å². The number of phenols is 1. The molecule has 0 spiro atoms. The van der Waals surface area contributed by atoms with E-state index in [0.29, 0.717) is 61.0 Å². The zero-order valence-electron chi connectivity index (χ0n) is 30.1. The lowest BCUT2D eigenvalue weighted by Crippen LogP contribution is -2.54. The third-order valence-corrected chi connectivity index (χ3v) is 10.2. The largest absolute Gasteiger partial charge is 0.573 e. The third kappa shape index (κ3) is 9.95. The number of rotatable bonds is 6. The molecule has 8 rings (SSSR count). The van der Waals surface area contributed by atoms with Gasteiger partial charge in [0.1, 0.15) is 23.8 Å². The molecule has 5 aliphatic rings. The van der Waals surface area contributed by atoms with Gasteiger partial charge in [0.05, 0.1) is 36.0 Å². The van der Waals surface area contributed by atoms with Gasteiger partial charge in [-0.3, -0.25) is 35.5 Å². The molecule has 3 amide bonds. The Balaban J connectivity index is 0.000000223. The summed E-state index contributed by atoms with van der Waals surface area (Å²) < 4.78 is 18.3. The van der Waals surface area contributed by atoms with Crippen molar-refractivity contribution in [3.8, 4) is 11.5 Å². The number of ether oxygens (including phenoxy) is 1. The van der Waals surface area contributed by atoms with Crippen LogP contribution in [0.2, 0.25) is 0 Å². The second kappa shape index (κ2) is 18.1. The van der Waals surface area contributed by atoms with Crippen LogP contribution in [-0.4, -0.2) is 76.3 Å². The van der Waals surface area contributed by atoms with Crippen LogP contribution in [0.5, 0.6) is 11.5 Å². The van der Waals surface area contributed by atoms with Crippen molar-refractivity contribution in [2.45, 2.75) is 57.9 Å². The quantitative estimate of drug-likeness (QED) is 0.158. The van der Waals surface area contributed by atoms with Crippen molar-refractivity contribution in [3.63, 3.8) is 0 Å². The summed E-state index contributed by atoms with van der Waals surface area (Å²) in [7, 11) is -2.94. The number of piperazine rings is 1. The maximum Gasteiger partial charge on any atom is 0.439 e. The lowest BCUT2D eigenvalue weighted by atomic mass is 9.86. The van der Waals surface area contributed by atoms with Crippen molar-refractivity contribution in [3.05, 3.63) is 78.4 Å². The van der Waals surface area contributed by atoms with Crippen LogP contribution in [0.1, 0.15) is 57.4 Å². The number of amides is 3. The molecule has 54 heavy (non-hydrogen) atoms. The summed E-state index contributed by atoms with van der Waals surface area (Å²) in [5.74, 6) is 1.73. The summed E-state index contributed by atoms with van der Waals surface area (Å²) in [6.45, 7) is 5.76. The van der Waals surface area contributed by atoms with Crippen LogP contribution < -0.4 is 41.1 Å². The molecular weight excluding hydrogens is 713 g/mol. The molecule has 5 heterocycles. The number of aromatic hydroxyl groups is 1. The number of hydrogen-bond acceptors (Lipinski definition) is 12. The third-order valence-electron chi connectivity index (χ3n) is 9.78. The van der Waals surface area contributed by atoms with Gasteiger partial charge in [0, 0.05) is 44.1 Å². The SMILES string of the molecule is CC1CCC(N2CCN(c3cnn(C4=C(N[P+](=O)[O-])NNC(c5ccccc5O)=C4)c3)C(=O)C2)CC1.O=C1CCCC(=O)N1.c1ccc2c(c1)NCCO2. The summed E-state index contributed by atoms with van der Waals surface area (Å²) in [4.78, 5) is 49.2. The van der Waals surface area contributed by atoms with Gasteiger partial charge in [-0.15, -0.1) is 0 Å². The van der Waals surface area contributed by atoms with E-state index in [4.69, 9.17) is 4.74 Å². The first kappa shape index (κ1) is 38.3. The monoisotopic (exact) mass is 759 g/mol. The number of hydrazine groups is 1. The molecule has 1 atom stereocenters. The van der Waals surface area contributed by atoms with E-state index in [0.717, 1.165) is 49.9 Å². The highest BCUT2D eigenvalue weighted by Gasteiger charge is 2.32. The molecule has 16 nitrogen and oxygen atoms in total. The van der Waals surface area contributed by atoms with Crippen LogP contribution in [0.15, 0.2) is 72.8 Å². The number of para-hydroxylation sites is 3. The fourth-order valence-corrected chi connectivity index (χ4v) is 7.24. The first-order valence-corrected chi connectivity index (χ1v) is 19.4. The first-order chi connectivity index (χ1) is 26.1. The van der Waals surface area contributed by atoms with Crippen LogP contribution in [0.25, 0.3) is 11.4 Å². The molecule has 3 fully saturated rings. The van der Waals surface area contributed by atoms with E-state index >= 15 is 0 Å². The van der Waals surface area contributed by atoms with Crippen LogP contribution in [0.4, 0.5) is 11.4 Å². The van der Waals surface area contributed by atoms with Crippen LogP contribution >= 0.6 is 8.18 Å². The predicted octanol–water partition coefficient (Wildman–Crippen LogP) is 3.00. The van der Waals surface area contributed by atoms with Gasteiger partial charge >= 0.3 is 8.18 Å². The molecular formula is C37H46N9O7P. The molecule has 0 bridgehead atoms. The normalized spacial score (nSPS) is 21.5. The number of nitrogens with zero attached hydrogens (tertiary/aromatic N) is 4. The molecule has 2 saturated heterocycles. The topological polar surface area (TPSA) is 205 Å². The number of nitrogens with one attached hydrogen (secondary N) is 5. The molecule has 1 aromatic heterocycles. The lowest BCUT2D eigenvalue weighted by molar-refractivity contribution is -0.166. The summed E-state index contributed by atoms with van der Waals surface area (Å²) in [5, 5.41) is 22.5. The predicted molar refractivity (Wildman–Crippen MR) is 201 cm³/mol. The molecule has 4 aliphatic heterocycles. The van der Waals surface area contributed by atoms with E-state index in [9.17, 15) is 28.9 Å². The first-order valence-electron chi connectivity index (χ1n) is 18.2. The van der Waals surface area contributed by atoms with Gasteiger partial charge in [0.2, 0.25) is 17.7 Å². The Hall–Kier alpha value is -5.44. The second-order valence-electron chi connectivity index (χ2n) is 13.6. The number of benzene rings is 2. The number of fused-ring (bicyclic) bond motifs is 1. The molecule has 1 saturated carbocycles. The molecule has 2 aromatic carbocycles. The number of piperidine rings is 1. The number of anilines is 2. The summed E-state index contributed by atoms with van der Waals surface area (Å²) >= 11 is 0. The van der Waals surface area contributed by atoms with Gasteiger partial charge in [-0.2, -0.15) is 10.2 Å². The van der Waals surface area contributed by atoms with Crippen LogP contribution in [0.3, 0.4) is 0 Å².